The van der Waals surface area contributed by atoms with Crippen molar-refractivity contribution >= 4 is 6.29 Å². The minimum absolute atomic E-state index is 0.00378. The molecule has 4 atom stereocenters. The highest BCUT2D eigenvalue weighted by atomic mass is 16.6. The Morgan fingerprint density at radius 1 is 0.931 bits per heavy atom. The lowest BCUT2D eigenvalue weighted by Crippen LogP contribution is -2.42. The number of aliphatic hydroxyl groups excluding tert-OH is 2. The fourth-order valence-electron chi connectivity index (χ4n) is 2.90. The zero-order valence-corrected chi connectivity index (χ0v) is 17.0. The van der Waals surface area contributed by atoms with Crippen LogP contribution in [0.2, 0.25) is 0 Å². The number of hydrogen-bond donors (Lipinski definition) is 2. The summed E-state index contributed by atoms with van der Waals surface area (Å²) in [6, 6.07) is -2.94. The number of aliphatic hydroxyl groups is 2. The van der Waals surface area contributed by atoms with E-state index in [1.54, 1.807) is 18.4 Å². The van der Waals surface area contributed by atoms with Crippen LogP contribution < -0.4 is 0 Å². The molecule has 0 saturated heterocycles. The summed E-state index contributed by atoms with van der Waals surface area (Å²) in [5.41, 5.74) is 0. The van der Waals surface area contributed by atoms with E-state index in [9.17, 15) is 35.2 Å². The second-order valence-electron chi connectivity index (χ2n) is 7.02. The van der Waals surface area contributed by atoms with Crippen LogP contribution in [0.3, 0.4) is 0 Å². The van der Waals surface area contributed by atoms with Gasteiger partial charge in [-0.25, -0.2) is 0 Å². The van der Waals surface area contributed by atoms with Crippen molar-refractivity contribution in [2.45, 2.75) is 95.4 Å². The lowest BCUT2D eigenvalue weighted by molar-refractivity contribution is -0.554. The summed E-state index contributed by atoms with van der Waals surface area (Å²) in [6.07, 6.45) is 10.9. The molecule has 165 valence electrons. The molecule has 0 heterocycles. The van der Waals surface area contributed by atoms with Crippen molar-refractivity contribution in [2.75, 3.05) is 0 Å². The maximum Gasteiger partial charge on any atom is 0.241 e. The van der Waals surface area contributed by atoms with E-state index in [-0.39, 0.29) is 25.7 Å². The van der Waals surface area contributed by atoms with Gasteiger partial charge in [0.05, 0.1) is 6.42 Å². The molecule has 0 aliphatic heterocycles. The molecule has 0 fully saturated rings. The van der Waals surface area contributed by atoms with Crippen LogP contribution in [-0.4, -0.2) is 50.6 Å². The number of rotatable bonds is 18. The summed E-state index contributed by atoms with van der Waals surface area (Å²) in [7, 11) is 0. The lowest BCUT2D eigenvalue weighted by Gasteiger charge is -2.20. The molecule has 0 rings (SSSR count). The van der Waals surface area contributed by atoms with E-state index < -0.39 is 40.6 Å². The van der Waals surface area contributed by atoms with Crippen LogP contribution in [0.25, 0.3) is 0 Å². The molecule has 1 radical (unpaired) electrons. The molecule has 29 heavy (non-hydrogen) atoms. The second-order valence-corrected chi connectivity index (χ2v) is 7.02. The molecule has 0 aliphatic rings. The van der Waals surface area contributed by atoms with Crippen molar-refractivity contribution in [3.05, 3.63) is 44.5 Å². The Bertz CT molecular complexity index is 537. The molecule has 9 nitrogen and oxygen atoms in total. The standard InChI is InChI=1S/C20H33N2O7/c1-2-3-4-5-6-7-8-9-10-14-19(24)18(22(28)29)16-20(25)17(21(26)27)13-11-12-15-23/h6-7,9-10,17-20,24-25H,2-5,8,11-14,16H2,1H3/b7-6-,10-9-. The van der Waals surface area contributed by atoms with Crippen LogP contribution in [0.15, 0.2) is 24.3 Å². The van der Waals surface area contributed by atoms with Gasteiger partial charge in [-0.15, -0.1) is 0 Å². The Hall–Kier alpha value is -2.13. The smallest absolute Gasteiger partial charge is 0.241 e. The summed E-state index contributed by atoms with van der Waals surface area (Å²) >= 11 is 0. The Labute approximate surface area is 171 Å². The van der Waals surface area contributed by atoms with E-state index in [1.165, 1.54) is 6.42 Å². The molecule has 0 aromatic rings. The van der Waals surface area contributed by atoms with Crippen LogP contribution in [0.4, 0.5) is 0 Å². The van der Waals surface area contributed by atoms with E-state index in [4.69, 9.17) is 0 Å². The van der Waals surface area contributed by atoms with Crippen LogP contribution in [-0.2, 0) is 4.79 Å². The summed E-state index contributed by atoms with van der Waals surface area (Å²) in [5, 5.41) is 42.6. The quantitative estimate of drug-likeness (QED) is 0.152. The molecule has 0 spiro atoms. The molecule has 2 N–H and O–H groups in total. The monoisotopic (exact) mass is 413 g/mol. The highest BCUT2D eigenvalue weighted by molar-refractivity contribution is 5.50. The molecular weight excluding hydrogens is 380 g/mol. The average Bonchev–Trinajstić information content (AvgIpc) is 2.67. The fourth-order valence-corrected chi connectivity index (χ4v) is 2.90. The number of nitrogens with zero attached hydrogens (tertiary/aromatic N) is 2. The summed E-state index contributed by atoms with van der Waals surface area (Å²) in [5.74, 6) is 0. The Morgan fingerprint density at radius 3 is 2.17 bits per heavy atom. The minimum atomic E-state index is -1.59. The Morgan fingerprint density at radius 2 is 1.59 bits per heavy atom. The molecule has 0 saturated carbocycles. The summed E-state index contributed by atoms with van der Waals surface area (Å²) in [6.45, 7) is 2.14. The largest absolute Gasteiger partial charge is 0.386 e. The van der Waals surface area contributed by atoms with Crippen LogP contribution in [0.1, 0.15) is 71.1 Å². The first-order valence-corrected chi connectivity index (χ1v) is 10.1. The van der Waals surface area contributed by atoms with Gasteiger partial charge >= 0.3 is 0 Å². The third kappa shape index (κ3) is 12.8. The SMILES string of the molecule is CCCCC/C=C\C/C=C\CC(O)C(CC(O)C(CCC[C]=O)[N+](=O)[O-])[N+](=O)[O-]. The summed E-state index contributed by atoms with van der Waals surface area (Å²) in [4.78, 5) is 31.2. The fraction of sp³-hybridized carbons (Fsp3) is 0.750. The predicted molar refractivity (Wildman–Crippen MR) is 109 cm³/mol. The Balaban J connectivity index is 4.58. The number of unbranched alkanes of at least 4 members (excludes halogenated alkanes) is 4. The first-order chi connectivity index (χ1) is 13.8. The number of carbonyl (C=O) groups excluding carboxylic acids is 1. The average molecular weight is 413 g/mol. The maximum absolute atomic E-state index is 11.3. The normalized spacial score (nSPS) is 16.0. The van der Waals surface area contributed by atoms with E-state index in [0.717, 1.165) is 19.3 Å². The molecule has 9 heteroatoms. The lowest BCUT2D eigenvalue weighted by atomic mass is 9.95. The topological polar surface area (TPSA) is 144 Å². The predicted octanol–water partition coefficient (Wildman–Crippen LogP) is 3.14. The van der Waals surface area contributed by atoms with Gasteiger partial charge < -0.3 is 10.2 Å². The molecule has 4 unspecified atom stereocenters. The number of allylic oxidation sites excluding steroid dienone is 3. The second kappa shape index (κ2) is 16.8. The van der Waals surface area contributed by atoms with Gasteiger partial charge in [0, 0.05) is 22.7 Å². The molecule has 0 bridgehead atoms. The highest BCUT2D eigenvalue weighted by Crippen LogP contribution is 2.17. The van der Waals surface area contributed by atoms with E-state index in [1.807, 2.05) is 6.08 Å². The third-order valence-corrected chi connectivity index (χ3v) is 4.65. The van der Waals surface area contributed by atoms with Crippen molar-refractivity contribution in [3.8, 4) is 0 Å². The van der Waals surface area contributed by atoms with E-state index in [2.05, 4.69) is 13.0 Å². The summed E-state index contributed by atoms with van der Waals surface area (Å²) < 4.78 is 0. The van der Waals surface area contributed by atoms with Gasteiger partial charge in [-0.3, -0.25) is 25.0 Å². The van der Waals surface area contributed by atoms with Gasteiger partial charge in [-0.2, -0.15) is 0 Å². The molecule has 0 amide bonds. The molecule has 0 aliphatic carbocycles. The van der Waals surface area contributed by atoms with Gasteiger partial charge in [0.1, 0.15) is 12.2 Å². The van der Waals surface area contributed by atoms with Gasteiger partial charge in [0.25, 0.3) is 0 Å². The van der Waals surface area contributed by atoms with E-state index in [0.29, 0.717) is 6.42 Å². The first kappa shape index (κ1) is 26.9. The van der Waals surface area contributed by atoms with Gasteiger partial charge in [-0.1, -0.05) is 44.1 Å². The highest BCUT2D eigenvalue weighted by Gasteiger charge is 2.38. The Kier molecular flexibility index (Phi) is 15.6. The molecular formula is C20H33N2O7. The number of nitro groups is 2. The van der Waals surface area contributed by atoms with Crippen molar-refractivity contribution < 1.29 is 24.9 Å². The molecule has 0 aromatic carbocycles. The number of hydrogen-bond acceptors (Lipinski definition) is 7. The van der Waals surface area contributed by atoms with Gasteiger partial charge in [0.2, 0.25) is 12.1 Å². The zero-order chi connectivity index (χ0) is 22.1. The third-order valence-electron chi connectivity index (χ3n) is 4.65. The van der Waals surface area contributed by atoms with Crippen molar-refractivity contribution in [2.24, 2.45) is 0 Å². The zero-order valence-electron chi connectivity index (χ0n) is 17.0. The van der Waals surface area contributed by atoms with Crippen molar-refractivity contribution in [3.63, 3.8) is 0 Å². The minimum Gasteiger partial charge on any atom is -0.386 e. The van der Waals surface area contributed by atoms with E-state index >= 15 is 0 Å². The first-order valence-electron chi connectivity index (χ1n) is 10.1. The van der Waals surface area contributed by atoms with Crippen molar-refractivity contribution in [1.82, 2.24) is 0 Å². The van der Waals surface area contributed by atoms with Crippen LogP contribution in [0, 0.1) is 20.2 Å². The van der Waals surface area contributed by atoms with Crippen molar-refractivity contribution in [1.29, 1.82) is 0 Å². The maximum atomic E-state index is 11.3. The molecule has 0 aromatic heterocycles. The van der Waals surface area contributed by atoms with Crippen LogP contribution in [0.5, 0.6) is 0 Å². The van der Waals surface area contributed by atoms with Gasteiger partial charge in [0.15, 0.2) is 6.29 Å². The van der Waals surface area contributed by atoms with Crippen LogP contribution >= 0.6 is 0 Å². The van der Waals surface area contributed by atoms with Gasteiger partial charge in [-0.05, 0) is 32.1 Å².